The van der Waals surface area contributed by atoms with Crippen LogP contribution in [-0.4, -0.2) is 72.1 Å². The van der Waals surface area contributed by atoms with E-state index in [0.717, 1.165) is 65.8 Å². The molecule has 1 aliphatic heterocycles. The molecule has 3 heterocycles. The first-order valence-corrected chi connectivity index (χ1v) is 21.0. The van der Waals surface area contributed by atoms with E-state index < -0.39 is 5.97 Å². The van der Waals surface area contributed by atoms with Crippen LogP contribution >= 0.6 is 11.3 Å². The highest BCUT2D eigenvalue weighted by atomic mass is 32.1. The Balaban J connectivity index is 1.18. The number of carbonyl (C=O) groups excluding carboxylic acids is 1. The molecule has 0 radical (unpaired) electrons. The van der Waals surface area contributed by atoms with Crippen molar-refractivity contribution < 1.29 is 19.4 Å². The maximum atomic E-state index is 13.6. The van der Waals surface area contributed by atoms with Crippen LogP contribution in [0, 0.1) is 21.7 Å². The van der Waals surface area contributed by atoms with E-state index in [4.69, 9.17) is 10.1 Å². The molecule has 0 bridgehead atoms. The Morgan fingerprint density at radius 1 is 1.07 bits per heavy atom. The molecule has 0 spiro atoms. The van der Waals surface area contributed by atoms with E-state index in [1.54, 1.807) is 6.07 Å². The Bertz CT molecular complexity index is 2110. The summed E-state index contributed by atoms with van der Waals surface area (Å²) in [6, 6.07) is 17.1. The zero-order chi connectivity index (χ0) is 41.0. The van der Waals surface area contributed by atoms with Gasteiger partial charge in [-0.25, -0.2) is 14.8 Å². The molecule has 4 aromatic rings. The largest absolute Gasteiger partial charge is 0.476 e. The lowest BCUT2D eigenvalue weighted by Crippen LogP contribution is -2.35. The quantitative estimate of drug-likeness (QED) is 0.0554. The Morgan fingerprint density at radius 2 is 1.86 bits per heavy atom. The van der Waals surface area contributed by atoms with Gasteiger partial charge in [0.2, 0.25) is 0 Å². The Hall–Kier alpha value is -4.65. The summed E-state index contributed by atoms with van der Waals surface area (Å²) in [6.45, 7) is 19.8. The SMILES string of the molecule is CCCNCCOC1CC(C)(CN/C(C)=C(\C=N)c2ccc(N3CCc4cccc(C(=O)Nc5nc6ccccc6s5)c4C3)nc2C(=O)O)CC1(C)CC(C)(C)C. The van der Waals surface area contributed by atoms with Crippen molar-refractivity contribution >= 4 is 56.2 Å². The van der Waals surface area contributed by atoms with E-state index >= 15 is 0 Å². The van der Waals surface area contributed by atoms with Gasteiger partial charge in [-0.3, -0.25) is 10.1 Å². The van der Waals surface area contributed by atoms with Gasteiger partial charge in [0.15, 0.2) is 10.8 Å². The van der Waals surface area contributed by atoms with E-state index in [1.807, 2.05) is 60.4 Å². The minimum atomic E-state index is -1.17. The molecule has 2 aromatic carbocycles. The van der Waals surface area contributed by atoms with Gasteiger partial charge in [-0.15, -0.1) is 0 Å². The number of nitrogens with one attached hydrogen (secondary N) is 4. The summed E-state index contributed by atoms with van der Waals surface area (Å²) >= 11 is 1.43. The van der Waals surface area contributed by atoms with Crippen LogP contribution in [0.1, 0.15) is 112 Å². The fraction of sp³-hybridized carbons (Fsp3) is 0.489. The van der Waals surface area contributed by atoms with Crippen LogP contribution in [0.4, 0.5) is 10.9 Å². The normalized spacial score (nSPS) is 21.2. The lowest BCUT2D eigenvalue weighted by molar-refractivity contribution is -0.0290. The van der Waals surface area contributed by atoms with Gasteiger partial charge in [0.25, 0.3) is 5.91 Å². The van der Waals surface area contributed by atoms with Crippen molar-refractivity contribution in [2.24, 2.45) is 16.2 Å². The van der Waals surface area contributed by atoms with E-state index in [2.05, 4.69) is 67.5 Å². The topological polar surface area (TPSA) is 153 Å². The summed E-state index contributed by atoms with van der Waals surface area (Å²) < 4.78 is 7.59. The van der Waals surface area contributed by atoms with Gasteiger partial charge < -0.3 is 30.8 Å². The molecule has 0 saturated heterocycles. The van der Waals surface area contributed by atoms with Gasteiger partial charge >= 0.3 is 5.97 Å². The predicted octanol–water partition coefficient (Wildman–Crippen LogP) is 8.80. The number of fused-ring (bicyclic) bond motifs is 2. The van der Waals surface area contributed by atoms with Crippen molar-refractivity contribution in [3.8, 4) is 0 Å². The second kappa shape index (κ2) is 17.5. The van der Waals surface area contributed by atoms with Crippen LogP contribution in [0.15, 0.2) is 60.3 Å². The highest BCUT2D eigenvalue weighted by molar-refractivity contribution is 7.22. The molecule has 12 heteroatoms. The van der Waals surface area contributed by atoms with Gasteiger partial charge in [-0.2, -0.15) is 0 Å². The molecule has 11 nitrogen and oxygen atoms in total. The second-order valence-electron chi connectivity index (χ2n) is 17.7. The number of allylic oxidation sites excluding steroid dienone is 2. The van der Waals surface area contributed by atoms with Crippen LogP contribution in [0.3, 0.4) is 0 Å². The van der Waals surface area contributed by atoms with Gasteiger partial charge in [0.05, 0.1) is 22.9 Å². The number of benzene rings is 2. The summed E-state index contributed by atoms with van der Waals surface area (Å²) in [6.07, 6.45) is 6.06. The van der Waals surface area contributed by atoms with E-state index in [0.29, 0.717) is 60.3 Å². The summed E-state index contributed by atoms with van der Waals surface area (Å²) in [5.74, 6) is -0.897. The smallest absolute Gasteiger partial charge is 0.355 e. The van der Waals surface area contributed by atoms with Gasteiger partial charge in [-0.1, -0.05) is 77.1 Å². The van der Waals surface area contributed by atoms with E-state index in [-0.39, 0.29) is 34.0 Å². The standard InChI is InChI=1S/C45H59N7O4S/c1-8-19-47-20-22-56-37-23-44(6,27-45(37,7)26-43(3,4)5)28-48-29(2)33(24-46)31-16-17-38(50-39(31)41(54)55)52-21-18-30-12-11-13-32(34(30)25-52)40(53)51-42-49-35-14-9-10-15-36(35)57-42/h9-17,24,37,46-48H,8,18-23,25-28H2,1-7H3,(H,54,55)(H,49,51,53)/b33-29+,46-24?. The van der Waals surface area contributed by atoms with Crippen molar-refractivity contribution in [3.05, 3.63) is 88.2 Å². The molecule has 57 heavy (non-hydrogen) atoms. The molecular formula is C45H59N7O4S. The number of anilines is 2. The minimum Gasteiger partial charge on any atom is -0.476 e. The molecule has 1 saturated carbocycles. The molecule has 304 valence electrons. The number of thiazole rings is 1. The average molecular weight is 794 g/mol. The van der Waals surface area contributed by atoms with Gasteiger partial charge in [0.1, 0.15) is 5.82 Å². The third kappa shape index (κ3) is 9.91. The number of rotatable bonds is 16. The molecule has 1 amide bonds. The molecule has 2 aliphatic rings. The van der Waals surface area contributed by atoms with Crippen molar-refractivity contribution in [2.45, 2.75) is 93.2 Å². The van der Waals surface area contributed by atoms with Gasteiger partial charge in [0, 0.05) is 54.8 Å². The molecule has 1 fully saturated rings. The number of carboxylic acids is 1. The maximum absolute atomic E-state index is 13.6. The fourth-order valence-corrected chi connectivity index (χ4v) is 9.99. The van der Waals surface area contributed by atoms with Crippen LogP contribution < -0.4 is 20.9 Å². The number of ether oxygens (including phenoxy) is 1. The zero-order valence-electron chi connectivity index (χ0n) is 34.6. The number of amides is 1. The average Bonchev–Trinajstić information content (AvgIpc) is 3.69. The van der Waals surface area contributed by atoms with Gasteiger partial charge in [-0.05, 0) is 103 Å². The Morgan fingerprint density at radius 3 is 2.58 bits per heavy atom. The number of carboxylic acid groups (broad SMARTS) is 1. The number of carbonyl (C=O) groups is 2. The number of nitrogens with zero attached hydrogens (tertiary/aromatic N) is 3. The maximum Gasteiger partial charge on any atom is 0.355 e. The Labute approximate surface area is 341 Å². The predicted molar refractivity (Wildman–Crippen MR) is 232 cm³/mol. The molecule has 3 atom stereocenters. The molecular weight excluding hydrogens is 735 g/mol. The first kappa shape index (κ1) is 42.0. The number of hydrogen-bond donors (Lipinski definition) is 5. The highest BCUT2D eigenvalue weighted by Crippen LogP contribution is 2.55. The summed E-state index contributed by atoms with van der Waals surface area (Å²) in [5, 5.41) is 29.4. The molecule has 1 aliphatic carbocycles. The molecule has 6 rings (SSSR count). The van der Waals surface area contributed by atoms with Crippen molar-refractivity contribution in [2.75, 3.05) is 43.0 Å². The number of aromatic carboxylic acids is 1. The number of pyridine rings is 1. The lowest BCUT2D eigenvalue weighted by Gasteiger charge is -2.37. The monoisotopic (exact) mass is 793 g/mol. The molecule has 5 N–H and O–H groups in total. The van der Waals surface area contributed by atoms with Crippen molar-refractivity contribution in [3.63, 3.8) is 0 Å². The van der Waals surface area contributed by atoms with Crippen LogP contribution in [0.25, 0.3) is 15.8 Å². The number of aromatic nitrogens is 2. The summed E-state index contributed by atoms with van der Waals surface area (Å²) in [4.78, 5) is 37.7. The number of para-hydroxylation sites is 1. The first-order chi connectivity index (χ1) is 27.1. The van der Waals surface area contributed by atoms with Crippen molar-refractivity contribution in [1.29, 1.82) is 5.41 Å². The van der Waals surface area contributed by atoms with E-state index in [1.165, 1.54) is 17.6 Å². The second-order valence-corrected chi connectivity index (χ2v) is 18.7. The highest BCUT2D eigenvalue weighted by Gasteiger charge is 2.51. The molecule has 2 aromatic heterocycles. The Kier molecular flexibility index (Phi) is 12.9. The minimum absolute atomic E-state index is 0.00754. The van der Waals surface area contributed by atoms with Crippen molar-refractivity contribution in [1.82, 2.24) is 20.6 Å². The van der Waals surface area contributed by atoms with Crippen LogP contribution in [0.2, 0.25) is 0 Å². The molecule has 3 unspecified atom stereocenters. The third-order valence-corrected chi connectivity index (χ3v) is 12.3. The van der Waals surface area contributed by atoms with Crippen LogP contribution in [0.5, 0.6) is 0 Å². The summed E-state index contributed by atoms with van der Waals surface area (Å²) in [5.41, 5.74) is 4.91. The van der Waals surface area contributed by atoms with Crippen LogP contribution in [-0.2, 0) is 17.7 Å². The van der Waals surface area contributed by atoms with E-state index in [9.17, 15) is 14.7 Å². The third-order valence-electron chi connectivity index (χ3n) is 11.3. The fourth-order valence-electron chi connectivity index (χ4n) is 9.13. The first-order valence-electron chi connectivity index (χ1n) is 20.2. The summed E-state index contributed by atoms with van der Waals surface area (Å²) in [7, 11) is 0. The zero-order valence-corrected chi connectivity index (χ0v) is 35.4. The number of hydrogen-bond acceptors (Lipinski definition) is 10. The lowest BCUT2D eigenvalue weighted by atomic mass is 9.71.